The van der Waals surface area contributed by atoms with Gasteiger partial charge in [0.05, 0.1) is 24.4 Å². The molecule has 1 saturated heterocycles. The zero-order valence-corrected chi connectivity index (χ0v) is 13.1. The van der Waals surface area contributed by atoms with Crippen molar-refractivity contribution in [2.75, 3.05) is 14.2 Å². The van der Waals surface area contributed by atoms with Gasteiger partial charge >= 0.3 is 0 Å². The fraction of sp³-hybridized carbons (Fsp3) is 1.00. The third kappa shape index (κ3) is 5.38. The van der Waals surface area contributed by atoms with Crippen LogP contribution in [0.3, 0.4) is 0 Å². The first-order chi connectivity index (χ1) is 8.97. The Hall–Kier alpha value is -0.160. The summed E-state index contributed by atoms with van der Waals surface area (Å²) in [7, 11) is 3.66. The summed E-state index contributed by atoms with van der Waals surface area (Å²) in [6, 6.07) is 0.132. The number of rotatable bonds is 7. The van der Waals surface area contributed by atoms with Gasteiger partial charge in [-0.1, -0.05) is 6.92 Å². The van der Waals surface area contributed by atoms with Gasteiger partial charge in [0.1, 0.15) is 0 Å². The molecule has 1 aliphatic heterocycles. The zero-order chi connectivity index (χ0) is 14.4. The van der Waals surface area contributed by atoms with Crippen molar-refractivity contribution in [1.29, 1.82) is 0 Å². The highest BCUT2D eigenvalue weighted by molar-refractivity contribution is 4.79. The predicted octanol–water partition coefficient (Wildman–Crippen LogP) is 1.95. The highest BCUT2D eigenvalue weighted by atomic mass is 16.5. The molecule has 1 heterocycles. The summed E-state index contributed by atoms with van der Waals surface area (Å²) in [6.45, 7) is 6.24. The van der Waals surface area contributed by atoms with E-state index in [1.807, 2.05) is 14.0 Å². The standard InChI is InChI=1S/C15H31NO3/c1-10(15(17)12(3)16-4)6-7-13-9-14(18-5)8-11(2)19-13/h10-17H,6-9H2,1-5H3. The minimum atomic E-state index is -0.302. The average Bonchev–Trinajstić information content (AvgIpc) is 2.42. The molecule has 19 heavy (non-hydrogen) atoms. The highest BCUT2D eigenvalue weighted by Gasteiger charge is 2.28. The van der Waals surface area contributed by atoms with Crippen molar-refractivity contribution in [1.82, 2.24) is 5.32 Å². The van der Waals surface area contributed by atoms with Crippen LogP contribution in [-0.4, -0.2) is 49.7 Å². The molecule has 0 saturated carbocycles. The summed E-state index contributed by atoms with van der Waals surface area (Å²) < 4.78 is 11.4. The number of hydrogen-bond donors (Lipinski definition) is 2. The Kier molecular flexibility index (Phi) is 7.29. The maximum Gasteiger partial charge on any atom is 0.0715 e. The van der Waals surface area contributed by atoms with Gasteiger partial charge in [0, 0.05) is 13.2 Å². The maximum atomic E-state index is 10.1. The van der Waals surface area contributed by atoms with Gasteiger partial charge in [-0.15, -0.1) is 0 Å². The van der Waals surface area contributed by atoms with Crippen LogP contribution >= 0.6 is 0 Å². The van der Waals surface area contributed by atoms with Crippen molar-refractivity contribution in [2.45, 2.75) is 76.9 Å². The summed E-state index contributed by atoms with van der Waals surface area (Å²) in [5, 5.41) is 13.2. The van der Waals surface area contributed by atoms with Gasteiger partial charge in [0.2, 0.25) is 0 Å². The second-order valence-electron chi connectivity index (χ2n) is 6.02. The Balaban J connectivity index is 2.34. The van der Waals surface area contributed by atoms with Crippen LogP contribution in [0.25, 0.3) is 0 Å². The van der Waals surface area contributed by atoms with Crippen LogP contribution in [0.5, 0.6) is 0 Å². The molecular formula is C15H31NO3. The lowest BCUT2D eigenvalue weighted by Crippen LogP contribution is -2.40. The Morgan fingerprint density at radius 1 is 1.37 bits per heavy atom. The first kappa shape index (κ1) is 16.9. The molecule has 0 aliphatic carbocycles. The molecule has 4 heteroatoms. The van der Waals surface area contributed by atoms with E-state index in [1.54, 1.807) is 7.11 Å². The number of likely N-dealkylation sites (N-methyl/N-ethyl adjacent to an activating group) is 1. The van der Waals surface area contributed by atoms with Crippen LogP contribution < -0.4 is 5.32 Å². The van der Waals surface area contributed by atoms with Crippen LogP contribution in [-0.2, 0) is 9.47 Å². The molecule has 0 aromatic rings. The van der Waals surface area contributed by atoms with Gasteiger partial charge in [-0.3, -0.25) is 0 Å². The molecule has 6 atom stereocenters. The van der Waals surface area contributed by atoms with E-state index in [-0.39, 0.29) is 30.3 Å². The Bertz CT molecular complexity index is 250. The molecule has 114 valence electrons. The van der Waals surface area contributed by atoms with Gasteiger partial charge in [-0.05, 0) is 52.5 Å². The lowest BCUT2D eigenvalue weighted by Gasteiger charge is -2.34. The topological polar surface area (TPSA) is 50.7 Å². The second-order valence-corrected chi connectivity index (χ2v) is 6.02. The van der Waals surface area contributed by atoms with Crippen molar-refractivity contribution in [3.8, 4) is 0 Å². The minimum Gasteiger partial charge on any atom is -0.391 e. The smallest absolute Gasteiger partial charge is 0.0715 e. The van der Waals surface area contributed by atoms with Crippen LogP contribution in [0.2, 0.25) is 0 Å². The zero-order valence-electron chi connectivity index (χ0n) is 13.1. The summed E-state index contributed by atoms with van der Waals surface area (Å²) in [4.78, 5) is 0. The van der Waals surface area contributed by atoms with E-state index in [0.717, 1.165) is 25.7 Å². The molecule has 2 N–H and O–H groups in total. The molecule has 4 nitrogen and oxygen atoms in total. The number of methoxy groups -OCH3 is 1. The van der Waals surface area contributed by atoms with Gasteiger partial charge in [-0.25, -0.2) is 0 Å². The van der Waals surface area contributed by atoms with E-state index in [2.05, 4.69) is 19.2 Å². The fourth-order valence-electron chi connectivity index (χ4n) is 2.86. The van der Waals surface area contributed by atoms with Gasteiger partial charge < -0.3 is 19.9 Å². The largest absolute Gasteiger partial charge is 0.391 e. The Morgan fingerprint density at radius 2 is 2.05 bits per heavy atom. The van der Waals surface area contributed by atoms with Crippen LogP contribution in [0, 0.1) is 5.92 Å². The fourth-order valence-corrected chi connectivity index (χ4v) is 2.86. The molecular weight excluding hydrogens is 242 g/mol. The van der Waals surface area contributed by atoms with E-state index < -0.39 is 0 Å². The van der Waals surface area contributed by atoms with E-state index in [4.69, 9.17) is 9.47 Å². The minimum absolute atomic E-state index is 0.132. The molecule has 0 amide bonds. The first-order valence-corrected chi connectivity index (χ1v) is 7.51. The highest BCUT2D eigenvalue weighted by Crippen LogP contribution is 2.26. The number of aliphatic hydroxyl groups is 1. The predicted molar refractivity (Wildman–Crippen MR) is 77.3 cm³/mol. The van der Waals surface area contributed by atoms with E-state index >= 15 is 0 Å². The molecule has 1 fully saturated rings. The normalized spacial score (nSPS) is 32.8. The molecule has 0 bridgehead atoms. The van der Waals surface area contributed by atoms with E-state index in [1.165, 1.54) is 0 Å². The third-order valence-electron chi connectivity index (χ3n) is 4.37. The molecule has 0 radical (unpaired) electrons. The van der Waals surface area contributed by atoms with Gasteiger partial charge in [0.15, 0.2) is 0 Å². The molecule has 0 aromatic carbocycles. The lowest BCUT2D eigenvalue weighted by atomic mass is 9.90. The Labute approximate surface area is 117 Å². The monoisotopic (exact) mass is 273 g/mol. The molecule has 0 spiro atoms. The number of aliphatic hydroxyl groups excluding tert-OH is 1. The van der Waals surface area contributed by atoms with Crippen molar-refractivity contribution in [3.63, 3.8) is 0 Å². The van der Waals surface area contributed by atoms with Crippen molar-refractivity contribution < 1.29 is 14.6 Å². The lowest BCUT2D eigenvalue weighted by molar-refractivity contribution is -0.103. The Morgan fingerprint density at radius 3 is 2.63 bits per heavy atom. The molecule has 1 aliphatic rings. The number of ether oxygens (including phenoxy) is 2. The SMILES string of the molecule is CNC(C)C(O)C(C)CCC1CC(OC)CC(C)O1. The number of hydrogen-bond acceptors (Lipinski definition) is 4. The first-order valence-electron chi connectivity index (χ1n) is 7.51. The van der Waals surface area contributed by atoms with E-state index in [0.29, 0.717) is 6.10 Å². The summed E-state index contributed by atoms with van der Waals surface area (Å²) >= 11 is 0. The number of nitrogens with one attached hydrogen (secondary N) is 1. The summed E-state index contributed by atoms with van der Waals surface area (Å²) in [6.07, 6.45) is 4.52. The van der Waals surface area contributed by atoms with Gasteiger partial charge in [-0.2, -0.15) is 0 Å². The second kappa shape index (κ2) is 8.20. The quantitative estimate of drug-likeness (QED) is 0.744. The third-order valence-corrected chi connectivity index (χ3v) is 4.37. The van der Waals surface area contributed by atoms with Gasteiger partial charge in [0.25, 0.3) is 0 Å². The van der Waals surface area contributed by atoms with Crippen LogP contribution in [0.15, 0.2) is 0 Å². The van der Waals surface area contributed by atoms with Crippen molar-refractivity contribution in [2.24, 2.45) is 5.92 Å². The molecule has 6 unspecified atom stereocenters. The summed E-state index contributed by atoms with van der Waals surface area (Å²) in [5.74, 6) is 0.282. The average molecular weight is 273 g/mol. The van der Waals surface area contributed by atoms with Crippen molar-refractivity contribution >= 4 is 0 Å². The summed E-state index contributed by atoms with van der Waals surface area (Å²) in [5.41, 5.74) is 0. The maximum absolute atomic E-state index is 10.1. The molecule has 1 rings (SSSR count). The van der Waals surface area contributed by atoms with Crippen molar-refractivity contribution in [3.05, 3.63) is 0 Å². The molecule has 0 aromatic heterocycles. The van der Waals surface area contributed by atoms with E-state index in [9.17, 15) is 5.11 Å². The van der Waals surface area contributed by atoms with Crippen LogP contribution in [0.4, 0.5) is 0 Å². The van der Waals surface area contributed by atoms with Crippen LogP contribution in [0.1, 0.15) is 46.5 Å².